The fraction of sp³-hybridized carbons (Fsp3) is 0.588. The van der Waals surface area contributed by atoms with Crippen molar-refractivity contribution in [2.24, 2.45) is 5.41 Å². The van der Waals surface area contributed by atoms with E-state index >= 15 is 0 Å². The number of rotatable bonds is 4. The zero-order valence-corrected chi connectivity index (χ0v) is 14.1. The maximum atomic E-state index is 12.5. The lowest BCUT2D eigenvalue weighted by Gasteiger charge is -2.35. The lowest BCUT2D eigenvalue weighted by molar-refractivity contribution is -0.126. The van der Waals surface area contributed by atoms with Gasteiger partial charge in [0.15, 0.2) is 0 Å². The summed E-state index contributed by atoms with van der Waals surface area (Å²) in [5.74, 6) is 0.114. The van der Waals surface area contributed by atoms with Crippen LogP contribution < -0.4 is 10.6 Å². The molecule has 1 amide bonds. The Morgan fingerprint density at radius 3 is 2.38 bits per heavy atom. The average molecular weight is 311 g/mol. The van der Waals surface area contributed by atoms with E-state index in [4.69, 9.17) is 0 Å². The van der Waals surface area contributed by atoms with Crippen molar-refractivity contribution in [1.82, 2.24) is 10.6 Å². The Hall–Kier alpha value is -1.06. The second-order valence-corrected chi connectivity index (χ2v) is 6.73. The van der Waals surface area contributed by atoms with Crippen molar-refractivity contribution >= 4 is 18.3 Å². The largest absolute Gasteiger partial charge is 0.355 e. The SMILES string of the molecule is CC1(CNC(=O)C(C)(C)c2ccccc2)CCNCC1.Cl. The minimum atomic E-state index is -0.482. The summed E-state index contributed by atoms with van der Waals surface area (Å²) < 4.78 is 0. The van der Waals surface area contributed by atoms with Gasteiger partial charge < -0.3 is 10.6 Å². The van der Waals surface area contributed by atoms with Crippen LogP contribution in [0.4, 0.5) is 0 Å². The van der Waals surface area contributed by atoms with Gasteiger partial charge in [-0.1, -0.05) is 37.3 Å². The van der Waals surface area contributed by atoms with E-state index in [9.17, 15) is 4.79 Å². The van der Waals surface area contributed by atoms with Crippen LogP contribution in [0.15, 0.2) is 30.3 Å². The van der Waals surface area contributed by atoms with E-state index in [1.54, 1.807) is 0 Å². The van der Waals surface area contributed by atoms with Gasteiger partial charge in [0, 0.05) is 6.54 Å². The molecule has 0 saturated carbocycles. The van der Waals surface area contributed by atoms with Crippen molar-refractivity contribution in [3.05, 3.63) is 35.9 Å². The molecule has 1 aliphatic rings. The molecule has 21 heavy (non-hydrogen) atoms. The number of carbonyl (C=O) groups excluding carboxylic acids is 1. The topological polar surface area (TPSA) is 41.1 Å². The number of nitrogens with one attached hydrogen (secondary N) is 2. The Morgan fingerprint density at radius 1 is 1.24 bits per heavy atom. The fourth-order valence-electron chi connectivity index (χ4n) is 2.71. The number of halogens is 1. The van der Waals surface area contributed by atoms with Crippen LogP contribution in [0.5, 0.6) is 0 Å². The normalized spacial score (nSPS) is 17.7. The van der Waals surface area contributed by atoms with Crippen molar-refractivity contribution in [1.29, 1.82) is 0 Å². The van der Waals surface area contributed by atoms with Crippen molar-refractivity contribution in [3.63, 3.8) is 0 Å². The third kappa shape index (κ3) is 4.45. The lowest BCUT2D eigenvalue weighted by Crippen LogP contribution is -2.47. The Labute approximate surface area is 134 Å². The molecular weight excluding hydrogens is 284 g/mol. The molecule has 0 spiro atoms. The third-order valence-corrected chi connectivity index (χ3v) is 4.55. The highest BCUT2D eigenvalue weighted by atomic mass is 35.5. The fourth-order valence-corrected chi connectivity index (χ4v) is 2.71. The summed E-state index contributed by atoms with van der Waals surface area (Å²) in [6.07, 6.45) is 2.25. The molecule has 1 aliphatic heterocycles. The summed E-state index contributed by atoms with van der Waals surface area (Å²) >= 11 is 0. The number of amides is 1. The smallest absolute Gasteiger partial charge is 0.230 e. The van der Waals surface area contributed by atoms with E-state index in [2.05, 4.69) is 17.6 Å². The van der Waals surface area contributed by atoms with Gasteiger partial charge in [-0.25, -0.2) is 0 Å². The van der Waals surface area contributed by atoms with E-state index in [0.29, 0.717) is 0 Å². The molecule has 0 aromatic heterocycles. The molecule has 1 fully saturated rings. The molecule has 0 unspecified atom stereocenters. The van der Waals surface area contributed by atoms with Crippen molar-refractivity contribution in [2.45, 2.75) is 39.0 Å². The van der Waals surface area contributed by atoms with E-state index < -0.39 is 5.41 Å². The Morgan fingerprint density at radius 2 is 1.81 bits per heavy atom. The van der Waals surface area contributed by atoms with E-state index in [-0.39, 0.29) is 23.7 Å². The minimum Gasteiger partial charge on any atom is -0.355 e. The molecule has 0 aliphatic carbocycles. The lowest BCUT2D eigenvalue weighted by atomic mass is 9.79. The van der Waals surface area contributed by atoms with Crippen molar-refractivity contribution < 1.29 is 4.79 Å². The third-order valence-electron chi connectivity index (χ3n) is 4.55. The summed E-state index contributed by atoms with van der Waals surface area (Å²) in [7, 11) is 0. The number of carbonyl (C=O) groups is 1. The molecule has 1 saturated heterocycles. The number of piperidine rings is 1. The first-order valence-electron chi connectivity index (χ1n) is 7.49. The number of hydrogen-bond acceptors (Lipinski definition) is 2. The number of benzene rings is 1. The molecule has 2 rings (SSSR count). The maximum Gasteiger partial charge on any atom is 0.230 e. The van der Waals surface area contributed by atoms with Gasteiger partial charge >= 0.3 is 0 Å². The first-order chi connectivity index (χ1) is 9.44. The molecule has 2 N–H and O–H groups in total. The number of hydrogen-bond donors (Lipinski definition) is 2. The second-order valence-electron chi connectivity index (χ2n) is 6.73. The maximum absolute atomic E-state index is 12.5. The van der Waals surface area contributed by atoms with Crippen LogP contribution >= 0.6 is 12.4 Å². The zero-order chi connectivity index (χ0) is 14.6. The molecule has 0 bridgehead atoms. The summed E-state index contributed by atoms with van der Waals surface area (Å²) in [5, 5.41) is 6.54. The van der Waals surface area contributed by atoms with Gasteiger partial charge in [0.25, 0.3) is 0 Å². The average Bonchev–Trinajstić information content (AvgIpc) is 2.46. The van der Waals surface area contributed by atoms with Gasteiger partial charge in [-0.15, -0.1) is 12.4 Å². The second kappa shape index (κ2) is 7.28. The van der Waals surface area contributed by atoms with Gasteiger partial charge in [0.2, 0.25) is 5.91 Å². The van der Waals surface area contributed by atoms with Gasteiger partial charge in [-0.2, -0.15) is 0 Å². The first-order valence-corrected chi connectivity index (χ1v) is 7.49. The van der Waals surface area contributed by atoms with Crippen LogP contribution in [-0.2, 0) is 10.2 Å². The molecule has 0 atom stereocenters. The van der Waals surface area contributed by atoms with Crippen molar-refractivity contribution in [2.75, 3.05) is 19.6 Å². The van der Waals surface area contributed by atoms with Gasteiger partial charge in [0.1, 0.15) is 0 Å². The quantitative estimate of drug-likeness (QED) is 0.898. The monoisotopic (exact) mass is 310 g/mol. The zero-order valence-electron chi connectivity index (χ0n) is 13.2. The molecule has 0 radical (unpaired) electrons. The van der Waals surface area contributed by atoms with E-state index in [1.165, 1.54) is 0 Å². The highest BCUT2D eigenvalue weighted by Gasteiger charge is 2.32. The van der Waals surface area contributed by atoms with Gasteiger partial charge in [-0.05, 0) is 50.8 Å². The van der Waals surface area contributed by atoms with E-state index in [0.717, 1.165) is 38.0 Å². The van der Waals surface area contributed by atoms with Crippen LogP contribution in [0.25, 0.3) is 0 Å². The molecule has 4 heteroatoms. The van der Waals surface area contributed by atoms with Crippen LogP contribution in [-0.4, -0.2) is 25.5 Å². The van der Waals surface area contributed by atoms with E-state index in [1.807, 2.05) is 44.2 Å². The highest BCUT2D eigenvalue weighted by Crippen LogP contribution is 2.28. The Bertz CT molecular complexity index is 453. The summed E-state index contributed by atoms with van der Waals surface area (Å²) in [6.45, 7) is 9.11. The molecule has 118 valence electrons. The van der Waals surface area contributed by atoms with Crippen LogP contribution in [0.3, 0.4) is 0 Å². The molecule has 1 aromatic carbocycles. The predicted molar refractivity (Wildman–Crippen MR) is 89.9 cm³/mol. The summed E-state index contributed by atoms with van der Waals surface area (Å²) in [6, 6.07) is 9.99. The van der Waals surface area contributed by atoms with Gasteiger partial charge in [0.05, 0.1) is 5.41 Å². The van der Waals surface area contributed by atoms with Crippen LogP contribution in [0, 0.1) is 5.41 Å². The minimum absolute atomic E-state index is 0. The first kappa shape index (κ1) is 18.0. The van der Waals surface area contributed by atoms with Crippen molar-refractivity contribution in [3.8, 4) is 0 Å². The molecular formula is C17H27ClN2O. The molecule has 1 heterocycles. The van der Waals surface area contributed by atoms with Gasteiger partial charge in [-0.3, -0.25) is 4.79 Å². The summed E-state index contributed by atoms with van der Waals surface area (Å²) in [5.41, 5.74) is 0.811. The van der Waals surface area contributed by atoms with Crippen LogP contribution in [0.2, 0.25) is 0 Å². The standard InChI is InChI=1S/C17H26N2O.ClH/c1-16(2,14-7-5-4-6-8-14)15(20)19-13-17(3)9-11-18-12-10-17;/h4-8,18H,9-13H2,1-3H3,(H,19,20);1H. The summed E-state index contributed by atoms with van der Waals surface area (Å²) in [4.78, 5) is 12.5. The van der Waals surface area contributed by atoms with Crippen LogP contribution in [0.1, 0.15) is 39.2 Å². The molecule has 3 nitrogen and oxygen atoms in total. The molecule has 1 aromatic rings. The Balaban J connectivity index is 0.00000220. The highest BCUT2D eigenvalue weighted by molar-refractivity contribution is 5.87. The Kier molecular flexibility index (Phi) is 6.24. The predicted octanol–water partition coefficient (Wildman–Crippen LogP) is 2.89.